The largest absolute Gasteiger partial charge is 0.351 e. The van der Waals surface area contributed by atoms with Crippen LogP contribution in [0.3, 0.4) is 0 Å². The summed E-state index contributed by atoms with van der Waals surface area (Å²) in [5.41, 5.74) is 2.49. The number of aromatic nitrogens is 2. The highest BCUT2D eigenvalue weighted by Crippen LogP contribution is 2.12. The van der Waals surface area contributed by atoms with E-state index < -0.39 is 0 Å². The van der Waals surface area contributed by atoms with Crippen LogP contribution in [0.2, 0.25) is 0 Å². The zero-order valence-electron chi connectivity index (χ0n) is 18.4. The quantitative estimate of drug-likeness (QED) is 0.328. The van der Waals surface area contributed by atoms with Crippen LogP contribution in [-0.4, -0.2) is 48.0 Å². The van der Waals surface area contributed by atoms with Gasteiger partial charge in [0.25, 0.3) is 11.8 Å². The van der Waals surface area contributed by atoms with Crippen molar-refractivity contribution in [3.8, 4) is 0 Å². The van der Waals surface area contributed by atoms with Gasteiger partial charge in [0, 0.05) is 23.9 Å². The first-order valence-corrected chi connectivity index (χ1v) is 11.2. The molecule has 33 heavy (non-hydrogen) atoms. The first kappa shape index (κ1) is 22.4. The summed E-state index contributed by atoms with van der Waals surface area (Å²) >= 11 is 0. The van der Waals surface area contributed by atoms with E-state index in [4.69, 9.17) is 0 Å². The summed E-state index contributed by atoms with van der Waals surface area (Å²) in [6.07, 6.45) is 1.62. The van der Waals surface area contributed by atoms with Gasteiger partial charge in [-0.05, 0) is 50.2 Å². The fourth-order valence-corrected chi connectivity index (χ4v) is 3.52. The Morgan fingerprint density at radius 3 is 1.52 bits per heavy atom. The number of nitrogens with zero attached hydrogens (tertiary/aromatic N) is 2. The predicted molar refractivity (Wildman–Crippen MR) is 130 cm³/mol. The number of carbonyl (C=O) groups excluding carboxylic acids is 2. The average molecular weight is 442 g/mol. The molecule has 0 fully saturated rings. The van der Waals surface area contributed by atoms with Crippen LogP contribution >= 0.6 is 0 Å². The third-order valence-corrected chi connectivity index (χ3v) is 5.29. The van der Waals surface area contributed by atoms with Gasteiger partial charge in [0.15, 0.2) is 0 Å². The van der Waals surface area contributed by atoms with E-state index in [-0.39, 0.29) is 11.8 Å². The number of hydrogen-bond acceptors (Lipinski definition) is 5. The molecule has 4 aromatic rings. The highest BCUT2D eigenvalue weighted by Gasteiger charge is 2.08. The third-order valence-electron chi connectivity index (χ3n) is 5.29. The summed E-state index contributed by atoms with van der Waals surface area (Å²) < 4.78 is 0. The van der Waals surface area contributed by atoms with Crippen LogP contribution in [0.1, 0.15) is 33.8 Å². The Bertz CT molecular complexity index is 1160. The molecule has 2 aromatic carbocycles. The normalized spacial score (nSPS) is 10.9. The maximum Gasteiger partial charge on any atom is 0.269 e. The molecule has 2 heterocycles. The van der Waals surface area contributed by atoms with Crippen LogP contribution in [0.5, 0.6) is 0 Å². The number of pyridine rings is 2. The van der Waals surface area contributed by atoms with Crippen LogP contribution < -0.4 is 16.0 Å². The van der Waals surface area contributed by atoms with E-state index in [1.165, 1.54) is 0 Å². The van der Waals surface area contributed by atoms with Gasteiger partial charge in [0.2, 0.25) is 0 Å². The highest BCUT2D eigenvalue weighted by atomic mass is 16.2. The Morgan fingerprint density at radius 1 is 0.576 bits per heavy atom. The Kier molecular flexibility index (Phi) is 7.56. The van der Waals surface area contributed by atoms with Gasteiger partial charge in [0.1, 0.15) is 11.4 Å². The molecule has 0 aliphatic carbocycles. The van der Waals surface area contributed by atoms with Crippen molar-refractivity contribution in [1.82, 2.24) is 25.9 Å². The second-order valence-electron chi connectivity index (χ2n) is 7.75. The van der Waals surface area contributed by atoms with Crippen molar-refractivity contribution in [3.63, 3.8) is 0 Å². The summed E-state index contributed by atoms with van der Waals surface area (Å²) in [6.45, 7) is 2.71. The van der Waals surface area contributed by atoms with Crippen molar-refractivity contribution < 1.29 is 9.59 Å². The van der Waals surface area contributed by atoms with Gasteiger partial charge in [-0.1, -0.05) is 48.5 Å². The van der Waals surface area contributed by atoms with Gasteiger partial charge in [-0.25, -0.2) is 9.97 Å². The van der Waals surface area contributed by atoms with E-state index in [0.29, 0.717) is 24.5 Å². The van der Waals surface area contributed by atoms with Crippen molar-refractivity contribution in [3.05, 3.63) is 84.2 Å². The average Bonchev–Trinajstić information content (AvgIpc) is 2.86. The van der Waals surface area contributed by atoms with Crippen molar-refractivity contribution in [2.24, 2.45) is 0 Å². The SMILES string of the molecule is O=C(NCCCNCCCNC(=O)c1ccc2ccccc2n1)c1ccc2ccccc2n1. The minimum atomic E-state index is -0.161. The Balaban J connectivity index is 1.08. The molecule has 0 saturated heterocycles. The molecule has 4 rings (SSSR count). The van der Waals surface area contributed by atoms with Gasteiger partial charge in [-0.3, -0.25) is 9.59 Å². The van der Waals surface area contributed by atoms with Gasteiger partial charge in [-0.2, -0.15) is 0 Å². The number of para-hydroxylation sites is 2. The van der Waals surface area contributed by atoms with E-state index in [2.05, 4.69) is 25.9 Å². The standard InChI is InChI=1S/C26H27N5O2/c32-25(23-13-11-19-7-1-3-9-21(19)30-23)28-17-5-15-27-16-6-18-29-26(33)24-14-12-20-8-2-4-10-22(20)31-24/h1-4,7-14,27H,5-6,15-18H2,(H,28,32)(H,29,33). The van der Waals surface area contributed by atoms with E-state index >= 15 is 0 Å². The Hall–Kier alpha value is -3.84. The lowest BCUT2D eigenvalue weighted by molar-refractivity contribution is 0.0941. The molecular weight excluding hydrogens is 414 g/mol. The van der Waals surface area contributed by atoms with Gasteiger partial charge < -0.3 is 16.0 Å². The van der Waals surface area contributed by atoms with Crippen LogP contribution in [0.15, 0.2) is 72.8 Å². The molecule has 7 heteroatoms. The minimum Gasteiger partial charge on any atom is -0.351 e. The smallest absolute Gasteiger partial charge is 0.269 e. The molecular formula is C26H27N5O2. The number of rotatable bonds is 10. The van der Waals surface area contributed by atoms with Gasteiger partial charge >= 0.3 is 0 Å². The third kappa shape index (κ3) is 6.11. The molecule has 0 unspecified atom stereocenters. The van der Waals surface area contributed by atoms with Gasteiger partial charge in [0.05, 0.1) is 11.0 Å². The zero-order valence-corrected chi connectivity index (χ0v) is 18.4. The first-order chi connectivity index (χ1) is 16.2. The van der Waals surface area contributed by atoms with Crippen molar-refractivity contribution in [2.45, 2.75) is 12.8 Å². The maximum absolute atomic E-state index is 12.3. The number of benzene rings is 2. The van der Waals surface area contributed by atoms with Gasteiger partial charge in [-0.15, -0.1) is 0 Å². The number of fused-ring (bicyclic) bond motifs is 2. The summed E-state index contributed by atoms with van der Waals surface area (Å²) in [5, 5.41) is 11.2. The lowest BCUT2D eigenvalue weighted by atomic mass is 10.2. The molecule has 0 atom stereocenters. The lowest BCUT2D eigenvalue weighted by Gasteiger charge is -2.08. The zero-order chi connectivity index (χ0) is 22.9. The number of nitrogens with one attached hydrogen (secondary N) is 3. The second kappa shape index (κ2) is 11.2. The molecule has 2 aromatic heterocycles. The molecule has 168 valence electrons. The maximum atomic E-state index is 12.3. The van der Waals surface area contributed by atoms with Crippen LogP contribution in [-0.2, 0) is 0 Å². The summed E-state index contributed by atoms with van der Waals surface area (Å²) in [4.78, 5) is 33.4. The van der Waals surface area contributed by atoms with E-state index in [1.54, 1.807) is 12.1 Å². The van der Waals surface area contributed by atoms with Crippen LogP contribution in [0, 0.1) is 0 Å². The summed E-state index contributed by atoms with van der Waals surface area (Å²) in [6, 6.07) is 22.8. The van der Waals surface area contributed by atoms with E-state index in [0.717, 1.165) is 47.7 Å². The lowest BCUT2D eigenvalue weighted by Crippen LogP contribution is -2.30. The monoisotopic (exact) mass is 441 g/mol. The van der Waals surface area contributed by atoms with Crippen molar-refractivity contribution in [1.29, 1.82) is 0 Å². The van der Waals surface area contributed by atoms with E-state index in [9.17, 15) is 9.59 Å². The molecule has 2 amide bonds. The van der Waals surface area contributed by atoms with Crippen LogP contribution in [0.4, 0.5) is 0 Å². The molecule has 0 spiro atoms. The fraction of sp³-hybridized carbons (Fsp3) is 0.231. The molecule has 0 saturated carbocycles. The van der Waals surface area contributed by atoms with E-state index in [1.807, 2.05) is 60.7 Å². The molecule has 0 aliphatic heterocycles. The number of amides is 2. The number of hydrogen-bond donors (Lipinski definition) is 3. The molecule has 0 aliphatic rings. The molecule has 7 nitrogen and oxygen atoms in total. The summed E-state index contributed by atoms with van der Waals surface area (Å²) in [5.74, 6) is -0.323. The molecule has 3 N–H and O–H groups in total. The van der Waals surface area contributed by atoms with Crippen LogP contribution in [0.25, 0.3) is 21.8 Å². The number of carbonyl (C=O) groups is 2. The molecule has 0 bridgehead atoms. The Labute approximate surface area is 192 Å². The highest BCUT2D eigenvalue weighted by molar-refractivity contribution is 5.95. The second-order valence-corrected chi connectivity index (χ2v) is 7.75. The predicted octanol–water partition coefficient (Wildman–Crippen LogP) is 3.31. The first-order valence-electron chi connectivity index (χ1n) is 11.2. The Morgan fingerprint density at radius 2 is 1.03 bits per heavy atom. The minimum absolute atomic E-state index is 0.161. The topological polar surface area (TPSA) is 96.0 Å². The van der Waals surface area contributed by atoms with Crippen molar-refractivity contribution >= 4 is 33.6 Å². The van der Waals surface area contributed by atoms with Crippen molar-refractivity contribution in [2.75, 3.05) is 26.2 Å². The fourth-order valence-electron chi connectivity index (χ4n) is 3.52. The molecule has 0 radical (unpaired) electrons. The summed E-state index contributed by atoms with van der Waals surface area (Å²) in [7, 11) is 0.